The zero-order valence-electron chi connectivity index (χ0n) is 14.7. The van der Waals surface area contributed by atoms with Gasteiger partial charge in [-0.1, -0.05) is 17.7 Å². The third-order valence-corrected chi connectivity index (χ3v) is 5.29. The number of nitrogens with one attached hydrogen (secondary N) is 2. The first-order valence-electron chi connectivity index (χ1n) is 8.11. The van der Waals surface area contributed by atoms with Crippen LogP contribution in [0.3, 0.4) is 0 Å². The van der Waals surface area contributed by atoms with Gasteiger partial charge in [0.1, 0.15) is 5.69 Å². The maximum atomic E-state index is 12.5. The molecule has 29 heavy (non-hydrogen) atoms. The molecular weight excluding hydrogens is 418 g/mol. The van der Waals surface area contributed by atoms with E-state index >= 15 is 0 Å². The predicted octanol–water partition coefficient (Wildman–Crippen LogP) is 3.89. The fraction of sp³-hybridized carbons (Fsp3) is 0. The average Bonchev–Trinajstić information content (AvgIpc) is 2.70. The van der Waals surface area contributed by atoms with Gasteiger partial charge in [0.05, 0.1) is 16.0 Å². The van der Waals surface area contributed by atoms with Crippen molar-refractivity contribution in [1.82, 2.24) is 4.98 Å². The Labute approximate surface area is 171 Å². The lowest BCUT2D eigenvalue weighted by atomic mass is 10.3. The summed E-state index contributed by atoms with van der Waals surface area (Å²) < 4.78 is 27.4. The quantitative estimate of drug-likeness (QED) is 0.332. The first-order valence-corrected chi connectivity index (χ1v) is 9.97. The molecule has 3 aromatic rings. The Morgan fingerprint density at radius 3 is 2.55 bits per heavy atom. The molecule has 2 aromatic carbocycles. The van der Waals surface area contributed by atoms with E-state index in [-0.39, 0.29) is 16.3 Å². The molecule has 0 saturated carbocycles. The Hall–Kier alpha value is -3.50. The molecule has 0 aliphatic heterocycles. The van der Waals surface area contributed by atoms with Crippen LogP contribution in [0, 0.1) is 10.1 Å². The minimum atomic E-state index is -4.03. The smallest absolute Gasteiger partial charge is 0.280 e. The maximum Gasteiger partial charge on any atom is 0.295 e. The van der Waals surface area contributed by atoms with Gasteiger partial charge < -0.3 is 0 Å². The molecule has 0 spiro atoms. The van der Waals surface area contributed by atoms with Gasteiger partial charge in [0, 0.05) is 34.7 Å². The molecule has 1 aromatic heterocycles. The third kappa shape index (κ3) is 5.27. The number of rotatable bonds is 7. The van der Waals surface area contributed by atoms with E-state index in [4.69, 9.17) is 11.6 Å². The van der Waals surface area contributed by atoms with Crippen molar-refractivity contribution in [3.05, 3.63) is 87.7 Å². The molecule has 0 radical (unpaired) electrons. The minimum absolute atomic E-state index is 0.0422. The molecule has 11 heteroatoms. The number of pyridine rings is 1. The van der Waals surface area contributed by atoms with Gasteiger partial charge >= 0.3 is 0 Å². The van der Waals surface area contributed by atoms with Crippen molar-refractivity contribution in [2.45, 2.75) is 4.90 Å². The highest BCUT2D eigenvalue weighted by Gasteiger charge is 2.21. The average molecular weight is 432 g/mol. The van der Waals surface area contributed by atoms with Crippen molar-refractivity contribution < 1.29 is 13.3 Å². The van der Waals surface area contributed by atoms with Gasteiger partial charge in [0.15, 0.2) is 0 Å². The number of hydrogen-bond donors (Lipinski definition) is 2. The summed E-state index contributed by atoms with van der Waals surface area (Å²) in [5.41, 5.74) is 3.12. The number of hydrazone groups is 1. The number of halogens is 1. The standard InChI is InChI=1S/C18H14ClN5O4S/c19-14-3-5-15(6-4-14)23-29(27,28)16-7-8-17(18(10-16)24(25)26)22-21-12-13-2-1-9-20-11-13/h1-12,22-23H/b21-12-. The summed E-state index contributed by atoms with van der Waals surface area (Å²) >= 11 is 5.78. The second-order valence-corrected chi connectivity index (χ2v) is 7.82. The van der Waals surface area contributed by atoms with Gasteiger partial charge in [-0.05, 0) is 42.5 Å². The van der Waals surface area contributed by atoms with Gasteiger partial charge in [-0.2, -0.15) is 5.10 Å². The Morgan fingerprint density at radius 2 is 1.90 bits per heavy atom. The van der Waals surface area contributed by atoms with Crippen LogP contribution in [0.15, 0.2) is 77.0 Å². The van der Waals surface area contributed by atoms with Crippen LogP contribution in [0.5, 0.6) is 0 Å². The first-order chi connectivity index (χ1) is 13.8. The number of sulfonamides is 1. The van der Waals surface area contributed by atoms with Gasteiger partial charge in [-0.25, -0.2) is 8.42 Å². The zero-order chi connectivity index (χ0) is 20.9. The molecule has 0 amide bonds. The van der Waals surface area contributed by atoms with Crippen molar-refractivity contribution in [3.8, 4) is 0 Å². The predicted molar refractivity (Wildman–Crippen MR) is 111 cm³/mol. The van der Waals surface area contributed by atoms with Crippen LogP contribution in [-0.4, -0.2) is 24.5 Å². The number of aromatic nitrogens is 1. The second kappa shape index (κ2) is 8.67. The van der Waals surface area contributed by atoms with Gasteiger partial charge in [-0.15, -0.1) is 0 Å². The number of benzene rings is 2. The van der Waals surface area contributed by atoms with E-state index in [1.54, 1.807) is 24.5 Å². The van der Waals surface area contributed by atoms with E-state index < -0.39 is 20.6 Å². The van der Waals surface area contributed by atoms with E-state index in [0.29, 0.717) is 10.6 Å². The molecule has 3 rings (SSSR count). The number of anilines is 2. The van der Waals surface area contributed by atoms with E-state index in [1.165, 1.54) is 42.6 Å². The monoisotopic (exact) mass is 431 g/mol. The molecule has 9 nitrogen and oxygen atoms in total. The lowest BCUT2D eigenvalue weighted by Crippen LogP contribution is -2.13. The molecule has 148 valence electrons. The second-order valence-electron chi connectivity index (χ2n) is 5.70. The molecule has 0 bridgehead atoms. The number of nitro groups is 1. The van der Waals surface area contributed by atoms with Crippen molar-refractivity contribution in [1.29, 1.82) is 0 Å². The SMILES string of the molecule is O=[N+]([O-])c1cc(S(=O)(=O)Nc2ccc(Cl)cc2)ccc1N/N=C\c1cccnc1. The van der Waals surface area contributed by atoms with Gasteiger partial charge in [0.25, 0.3) is 15.7 Å². The maximum absolute atomic E-state index is 12.5. The number of nitrogens with zero attached hydrogens (tertiary/aromatic N) is 3. The van der Waals surface area contributed by atoms with E-state index in [2.05, 4.69) is 20.2 Å². The Morgan fingerprint density at radius 1 is 1.14 bits per heavy atom. The van der Waals surface area contributed by atoms with Crippen LogP contribution in [-0.2, 0) is 10.0 Å². The highest BCUT2D eigenvalue weighted by atomic mass is 35.5. The minimum Gasteiger partial charge on any atom is -0.280 e. The topological polar surface area (TPSA) is 127 Å². The van der Waals surface area contributed by atoms with Gasteiger partial charge in [-0.3, -0.25) is 25.2 Å². The van der Waals surface area contributed by atoms with Crippen LogP contribution in [0.4, 0.5) is 17.1 Å². The fourth-order valence-electron chi connectivity index (χ4n) is 2.28. The Kier molecular flexibility index (Phi) is 6.05. The van der Waals surface area contributed by atoms with E-state index in [0.717, 1.165) is 6.07 Å². The summed E-state index contributed by atoms with van der Waals surface area (Å²) in [7, 11) is -4.03. The van der Waals surface area contributed by atoms with E-state index in [9.17, 15) is 18.5 Å². The molecule has 0 unspecified atom stereocenters. The van der Waals surface area contributed by atoms with Crippen molar-refractivity contribution in [3.63, 3.8) is 0 Å². The van der Waals surface area contributed by atoms with Crippen molar-refractivity contribution in [2.24, 2.45) is 5.10 Å². The highest BCUT2D eigenvalue weighted by molar-refractivity contribution is 7.92. The molecule has 0 atom stereocenters. The lowest BCUT2D eigenvalue weighted by molar-refractivity contribution is -0.384. The largest absolute Gasteiger partial charge is 0.295 e. The highest BCUT2D eigenvalue weighted by Crippen LogP contribution is 2.28. The Balaban J connectivity index is 1.84. The summed E-state index contributed by atoms with van der Waals surface area (Å²) in [6, 6.07) is 13.0. The molecule has 0 saturated heterocycles. The summed E-state index contributed by atoms with van der Waals surface area (Å²) in [5.74, 6) is 0. The van der Waals surface area contributed by atoms with Crippen LogP contribution in [0.25, 0.3) is 0 Å². The normalized spacial score (nSPS) is 11.3. The molecule has 0 aliphatic carbocycles. The summed E-state index contributed by atoms with van der Waals surface area (Å²) in [6.07, 6.45) is 4.61. The summed E-state index contributed by atoms with van der Waals surface area (Å²) in [5, 5.41) is 15.8. The van der Waals surface area contributed by atoms with Crippen molar-refractivity contribution in [2.75, 3.05) is 10.1 Å². The van der Waals surface area contributed by atoms with Crippen LogP contribution >= 0.6 is 11.6 Å². The molecule has 0 fully saturated rings. The fourth-order valence-corrected chi connectivity index (χ4v) is 3.49. The van der Waals surface area contributed by atoms with Crippen LogP contribution in [0.2, 0.25) is 5.02 Å². The van der Waals surface area contributed by atoms with Crippen LogP contribution in [0.1, 0.15) is 5.56 Å². The zero-order valence-corrected chi connectivity index (χ0v) is 16.3. The molecule has 2 N–H and O–H groups in total. The Bertz CT molecular complexity index is 1150. The van der Waals surface area contributed by atoms with Gasteiger partial charge in [0.2, 0.25) is 0 Å². The molecular formula is C18H14ClN5O4S. The van der Waals surface area contributed by atoms with Crippen molar-refractivity contribution >= 4 is 44.9 Å². The molecule has 1 heterocycles. The number of nitro benzene ring substituents is 1. The lowest BCUT2D eigenvalue weighted by Gasteiger charge is -2.09. The third-order valence-electron chi connectivity index (χ3n) is 3.66. The number of hydrogen-bond acceptors (Lipinski definition) is 7. The van der Waals surface area contributed by atoms with Crippen LogP contribution < -0.4 is 10.1 Å². The summed E-state index contributed by atoms with van der Waals surface area (Å²) in [4.78, 5) is 14.4. The summed E-state index contributed by atoms with van der Waals surface area (Å²) in [6.45, 7) is 0. The first kappa shape index (κ1) is 20.2. The van der Waals surface area contributed by atoms with E-state index in [1.807, 2.05) is 0 Å². The molecule has 0 aliphatic rings.